The molecule has 1 amide bonds. The van der Waals surface area contributed by atoms with Crippen LogP contribution in [-0.4, -0.2) is 31.9 Å². The Morgan fingerprint density at radius 2 is 1.83 bits per heavy atom. The lowest BCUT2D eigenvalue weighted by Gasteiger charge is -2.23. The van der Waals surface area contributed by atoms with Crippen molar-refractivity contribution in [3.05, 3.63) is 101 Å². The maximum Gasteiger partial charge on any atom is 0.252 e. The molecule has 178 valence electrons. The molecule has 0 spiro atoms. The van der Waals surface area contributed by atoms with Gasteiger partial charge in [0.15, 0.2) is 5.82 Å². The number of rotatable bonds is 8. The zero-order valence-electron chi connectivity index (χ0n) is 19.4. The Bertz CT molecular complexity index is 1310. The molecule has 2 aromatic heterocycles. The molecule has 5 rings (SSSR count). The molecule has 3 heterocycles. The summed E-state index contributed by atoms with van der Waals surface area (Å²) in [6, 6.07) is 19.3. The van der Waals surface area contributed by atoms with Crippen molar-refractivity contribution in [2.45, 2.75) is 31.7 Å². The lowest BCUT2D eigenvalue weighted by Crippen LogP contribution is -2.40. The molecule has 0 radical (unpaired) electrons. The standard InChI is InChI=1S/C26H25N5O3S/c1-17-5-9-19(10-6-17)21-14-22(23-4-3-13-33-23)31(30-21)25(32)16-35-26-27-24(28-29-26)15-34-20-11-7-18(2)8-12-20/h3-14,22,30H,15-16H2,1-2H3,(H,27,28,29)/t22-/m1/s1. The van der Waals surface area contributed by atoms with Gasteiger partial charge in [-0.25, -0.2) is 9.99 Å². The summed E-state index contributed by atoms with van der Waals surface area (Å²) in [5.74, 6) is 2.09. The van der Waals surface area contributed by atoms with E-state index in [1.807, 2.05) is 80.6 Å². The summed E-state index contributed by atoms with van der Waals surface area (Å²) in [6.45, 7) is 4.34. The molecule has 2 aromatic carbocycles. The monoisotopic (exact) mass is 487 g/mol. The number of aromatic amines is 1. The molecule has 0 saturated heterocycles. The number of aromatic nitrogens is 3. The van der Waals surface area contributed by atoms with Crippen LogP contribution in [-0.2, 0) is 11.4 Å². The van der Waals surface area contributed by atoms with E-state index in [1.54, 1.807) is 11.3 Å². The van der Waals surface area contributed by atoms with Gasteiger partial charge in [-0.1, -0.05) is 59.3 Å². The molecule has 1 aliphatic rings. The molecule has 8 nitrogen and oxygen atoms in total. The fourth-order valence-corrected chi connectivity index (χ4v) is 4.31. The first-order valence-corrected chi connectivity index (χ1v) is 12.2. The van der Waals surface area contributed by atoms with Crippen molar-refractivity contribution in [2.75, 3.05) is 5.75 Å². The number of carbonyl (C=O) groups is 1. The van der Waals surface area contributed by atoms with Crippen LogP contribution < -0.4 is 10.2 Å². The molecule has 9 heteroatoms. The van der Waals surface area contributed by atoms with Crippen molar-refractivity contribution in [1.82, 2.24) is 25.6 Å². The third-order valence-electron chi connectivity index (χ3n) is 5.54. The van der Waals surface area contributed by atoms with Crippen molar-refractivity contribution in [3.8, 4) is 5.75 Å². The highest BCUT2D eigenvalue weighted by Crippen LogP contribution is 2.32. The highest BCUT2D eigenvalue weighted by Gasteiger charge is 2.32. The van der Waals surface area contributed by atoms with Gasteiger partial charge >= 0.3 is 0 Å². The predicted molar refractivity (Wildman–Crippen MR) is 133 cm³/mol. The summed E-state index contributed by atoms with van der Waals surface area (Å²) >= 11 is 1.26. The first-order valence-electron chi connectivity index (χ1n) is 11.2. The highest BCUT2D eigenvalue weighted by molar-refractivity contribution is 7.99. The smallest absolute Gasteiger partial charge is 0.252 e. The number of carbonyl (C=O) groups excluding carboxylic acids is 1. The Balaban J connectivity index is 1.21. The second-order valence-corrected chi connectivity index (χ2v) is 9.18. The first-order chi connectivity index (χ1) is 17.0. The molecule has 0 unspecified atom stereocenters. The number of hydrogen-bond acceptors (Lipinski definition) is 7. The fourth-order valence-electron chi connectivity index (χ4n) is 3.64. The second kappa shape index (κ2) is 10.1. The van der Waals surface area contributed by atoms with E-state index in [0.717, 1.165) is 17.0 Å². The molecular weight excluding hydrogens is 462 g/mol. The van der Waals surface area contributed by atoms with Crippen LogP contribution in [0.25, 0.3) is 5.70 Å². The zero-order chi connectivity index (χ0) is 24.2. The third-order valence-corrected chi connectivity index (χ3v) is 6.37. The summed E-state index contributed by atoms with van der Waals surface area (Å²) in [5, 5.41) is 9.16. The molecule has 0 saturated carbocycles. The highest BCUT2D eigenvalue weighted by atomic mass is 32.2. The van der Waals surface area contributed by atoms with Crippen molar-refractivity contribution >= 4 is 23.4 Å². The fraction of sp³-hybridized carbons (Fsp3) is 0.192. The number of hydrazine groups is 1. The van der Waals surface area contributed by atoms with Crippen molar-refractivity contribution in [1.29, 1.82) is 0 Å². The Morgan fingerprint density at radius 3 is 2.54 bits per heavy atom. The maximum absolute atomic E-state index is 13.2. The van der Waals surface area contributed by atoms with Gasteiger partial charge in [0.05, 0.1) is 17.7 Å². The number of furan rings is 1. The van der Waals surface area contributed by atoms with Gasteiger partial charge in [-0.3, -0.25) is 15.3 Å². The number of amides is 1. The minimum atomic E-state index is -0.347. The van der Waals surface area contributed by atoms with Gasteiger partial charge in [-0.15, -0.1) is 5.10 Å². The van der Waals surface area contributed by atoms with Gasteiger partial charge in [-0.05, 0) is 49.8 Å². The predicted octanol–water partition coefficient (Wildman–Crippen LogP) is 4.81. The Hall–Kier alpha value is -3.98. The summed E-state index contributed by atoms with van der Waals surface area (Å²) in [6.07, 6.45) is 3.61. The van der Waals surface area contributed by atoms with Gasteiger partial charge in [0.1, 0.15) is 24.2 Å². The van der Waals surface area contributed by atoms with Crippen molar-refractivity contribution in [3.63, 3.8) is 0 Å². The molecule has 2 N–H and O–H groups in total. The Labute approximate surface area is 207 Å². The number of aryl methyl sites for hydroxylation is 2. The quantitative estimate of drug-likeness (QED) is 0.344. The van der Waals surface area contributed by atoms with E-state index in [-0.39, 0.29) is 24.3 Å². The zero-order valence-corrected chi connectivity index (χ0v) is 20.2. The van der Waals surface area contributed by atoms with Gasteiger partial charge < -0.3 is 9.15 Å². The molecule has 35 heavy (non-hydrogen) atoms. The summed E-state index contributed by atoms with van der Waals surface area (Å²) in [7, 11) is 0. The summed E-state index contributed by atoms with van der Waals surface area (Å²) in [5.41, 5.74) is 7.46. The van der Waals surface area contributed by atoms with Gasteiger partial charge in [0, 0.05) is 0 Å². The Kier molecular flexibility index (Phi) is 6.58. The van der Waals surface area contributed by atoms with Crippen LogP contribution in [0.1, 0.15) is 34.3 Å². The van der Waals surface area contributed by atoms with Gasteiger partial charge in [-0.2, -0.15) is 0 Å². The molecule has 0 fully saturated rings. The molecule has 4 aromatic rings. The average molecular weight is 488 g/mol. The number of thioether (sulfide) groups is 1. The summed E-state index contributed by atoms with van der Waals surface area (Å²) in [4.78, 5) is 17.6. The van der Waals surface area contributed by atoms with E-state index in [4.69, 9.17) is 9.15 Å². The van der Waals surface area contributed by atoms with Crippen molar-refractivity contribution < 1.29 is 13.9 Å². The van der Waals surface area contributed by atoms with Crippen LogP contribution in [0.2, 0.25) is 0 Å². The molecular formula is C26H25N5O3S. The molecule has 1 aliphatic heterocycles. The largest absolute Gasteiger partial charge is 0.486 e. The van der Waals surface area contributed by atoms with Gasteiger partial charge in [0.2, 0.25) is 5.16 Å². The second-order valence-electron chi connectivity index (χ2n) is 8.24. The SMILES string of the molecule is Cc1ccc(OCc2nc(SCC(=O)N3NC(c4ccc(C)cc4)=C[C@@H]3c3ccco3)n[nH]2)cc1. The van der Waals surface area contributed by atoms with Crippen LogP contribution in [0.5, 0.6) is 5.75 Å². The van der Waals surface area contributed by atoms with E-state index in [1.165, 1.54) is 22.9 Å². The van der Waals surface area contributed by atoms with Crippen LogP contribution >= 0.6 is 11.8 Å². The number of benzene rings is 2. The first kappa shape index (κ1) is 22.8. The summed E-state index contributed by atoms with van der Waals surface area (Å²) < 4.78 is 11.3. The molecule has 0 bridgehead atoms. The van der Waals surface area contributed by atoms with Gasteiger partial charge in [0.25, 0.3) is 5.91 Å². The van der Waals surface area contributed by atoms with E-state index in [2.05, 4.69) is 20.6 Å². The molecule has 0 aliphatic carbocycles. The third kappa shape index (κ3) is 5.41. The lowest BCUT2D eigenvalue weighted by atomic mass is 10.1. The topological polar surface area (TPSA) is 96.3 Å². The maximum atomic E-state index is 13.2. The normalized spacial score (nSPS) is 15.1. The van der Waals surface area contributed by atoms with Crippen molar-refractivity contribution in [2.24, 2.45) is 0 Å². The number of ether oxygens (including phenoxy) is 1. The van der Waals surface area contributed by atoms with E-state index >= 15 is 0 Å². The number of nitrogens with one attached hydrogen (secondary N) is 2. The number of H-pyrrole nitrogens is 1. The molecule has 1 atom stereocenters. The van der Waals surface area contributed by atoms with Crippen LogP contribution in [0.4, 0.5) is 0 Å². The van der Waals surface area contributed by atoms with Crippen LogP contribution in [0.3, 0.4) is 0 Å². The average Bonchev–Trinajstić information content (AvgIpc) is 3.63. The lowest BCUT2D eigenvalue weighted by molar-refractivity contribution is -0.131. The van der Waals surface area contributed by atoms with E-state index in [9.17, 15) is 4.79 Å². The minimum Gasteiger partial charge on any atom is -0.486 e. The van der Waals surface area contributed by atoms with E-state index in [0.29, 0.717) is 16.7 Å². The minimum absolute atomic E-state index is 0.114. The number of hydrogen-bond donors (Lipinski definition) is 2. The van der Waals surface area contributed by atoms with Crippen LogP contribution in [0, 0.1) is 13.8 Å². The number of nitrogens with zero attached hydrogens (tertiary/aromatic N) is 3. The Morgan fingerprint density at radius 1 is 1.09 bits per heavy atom. The van der Waals surface area contributed by atoms with E-state index < -0.39 is 0 Å². The van der Waals surface area contributed by atoms with Crippen LogP contribution in [0.15, 0.2) is 82.6 Å².